The van der Waals surface area contributed by atoms with Crippen LogP contribution < -0.4 is 5.32 Å². The van der Waals surface area contributed by atoms with Crippen molar-refractivity contribution in [2.45, 2.75) is 26.2 Å². The molecule has 2 N–H and O–H groups in total. The van der Waals surface area contributed by atoms with Gasteiger partial charge in [-0.2, -0.15) is 0 Å². The first-order valence-corrected chi connectivity index (χ1v) is 6.33. The van der Waals surface area contributed by atoms with Crippen molar-refractivity contribution >= 4 is 11.9 Å². The highest BCUT2D eigenvalue weighted by atomic mass is 19.2. The molecule has 1 amide bonds. The number of rotatable bonds is 4. The second-order valence-electron chi connectivity index (χ2n) is 5.46. The van der Waals surface area contributed by atoms with Crippen LogP contribution in [-0.2, 0) is 0 Å². The highest BCUT2D eigenvalue weighted by Crippen LogP contribution is 2.39. The topological polar surface area (TPSA) is 66.4 Å². The molecule has 0 radical (unpaired) electrons. The molecule has 0 atom stereocenters. The molecule has 1 aliphatic rings. The van der Waals surface area contributed by atoms with Crippen molar-refractivity contribution in [3.05, 3.63) is 34.9 Å². The molecule has 108 valence electrons. The third-order valence-electron chi connectivity index (χ3n) is 3.77. The van der Waals surface area contributed by atoms with Gasteiger partial charge in [-0.15, -0.1) is 0 Å². The van der Waals surface area contributed by atoms with Gasteiger partial charge in [0.2, 0.25) is 0 Å². The molecular weight excluding hydrogens is 268 g/mol. The Hall–Kier alpha value is -1.98. The molecule has 0 aliphatic heterocycles. The van der Waals surface area contributed by atoms with E-state index in [1.807, 2.05) is 6.92 Å². The maximum atomic E-state index is 13.2. The molecule has 1 aromatic rings. The lowest BCUT2D eigenvalue weighted by Gasteiger charge is -2.38. The van der Waals surface area contributed by atoms with Crippen molar-refractivity contribution in [2.24, 2.45) is 5.41 Å². The Bertz CT molecular complexity index is 568. The van der Waals surface area contributed by atoms with Gasteiger partial charge in [0.25, 0.3) is 5.91 Å². The van der Waals surface area contributed by atoms with Crippen LogP contribution in [0, 0.1) is 17.0 Å². The Balaban J connectivity index is 2.20. The van der Waals surface area contributed by atoms with E-state index in [0.29, 0.717) is 18.7 Å². The van der Waals surface area contributed by atoms with E-state index in [1.165, 1.54) is 0 Å². The van der Waals surface area contributed by atoms with Crippen LogP contribution in [0.25, 0.3) is 0 Å². The third-order valence-corrected chi connectivity index (χ3v) is 3.77. The van der Waals surface area contributed by atoms with Gasteiger partial charge in [0.15, 0.2) is 11.6 Å². The minimum Gasteiger partial charge on any atom is -0.478 e. The average molecular weight is 283 g/mol. The summed E-state index contributed by atoms with van der Waals surface area (Å²) in [5.74, 6) is -4.70. The zero-order valence-electron chi connectivity index (χ0n) is 11.0. The van der Waals surface area contributed by atoms with E-state index in [4.69, 9.17) is 5.11 Å². The molecule has 0 spiro atoms. The Morgan fingerprint density at radius 1 is 1.25 bits per heavy atom. The normalized spacial score (nSPS) is 16.4. The minimum atomic E-state index is -1.47. The molecule has 1 aromatic carbocycles. The number of hydrogen-bond donors (Lipinski definition) is 2. The summed E-state index contributed by atoms with van der Waals surface area (Å²) in [5, 5.41) is 11.5. The van der Waals surface area contributed by atoms with Crippen LogP contribution in [0.15, 0.2) is 12.1 Å². The van der Waals surface area contributed by atoms with Gasteiger partial charge in [0.1, 0.15) is 0 Å². The lowest BCUT2D eigenvalue weighted by molar-refractivity contribution is 0.0689. The van der Waals surface area contributed by atoms with Gasteiger partial charge >= 0.3 is 5.97 Å². The second kappa shape index (κ2) is 5.19. The Morgan fingerprint density at radius 2 is 1.80 bits per heavy atom. The van der Waals surface area contributed by atoms with Crippen LogP contribution >= 0.6 is 0 Å². The summed E-state index contributed by atoms with van der Waals surface area (Å²) in [5.41, 5.74) is -0.892. The monoisotopic (exact) mass is 283 g/mol. The number of amides is 1. The fraction of sp³-hybridized carbons (Fsp3) is 0.429. The van der Waals surface area contributed by atoms with Crippen molar-refractivity contribution in [3.63, 3.8) is 0 Å². The molecule has 0 heterocycles. The first kappa shape index (κ1) is 14.4. The van der Waals surface area contributed by atoms with E-state index < -0.39 is 29.1 Å². The summed E-state index contributed by atoms with van der Waals surface area (Å²) in [6.07, 6.45) is 3.06. The Labute approximate surface area is 114 Å². The van der Waals surface area contributed by atoms with E-state index in [9.17, 15) is 18.4 Å². The summed E-state index contributed by atoms with van der Waals surface area (Å²) in [4.78, 5) is 22.9. The number of hydrogen-bond acceptors (Lipinski definition) is 2. The molecule has 0 unspecified atom stereocenters. The smallest absolute Gasteiger partial charge is 0.336 e. The lowest BCUT2D eigenvalue weighted by atomic mass is 9.70. The number of halogens is 2. The van der Waals surface area contributed by atoms with Crippen molar-refractivity contribution < 1.29 is 23.5 Å². The van der Waals surface area contributed by atoms with Crippen LogP contribution in [0.4, 0.5) is 8.78 Å². The van der Waals surface area contributed by atoms with Gasteiger partial charge < -0.3 is 10.4 Å². The zero-order valence-corrected chi connectivity index (χ0v) is 11.0. The highest BCUT2D eigenvalue weighted by Gasteiger charge is 2.32. The standard InChI is InChI=1S/C14H15F2NO3/c1-14(3-2-4-14)7-17-12(18)8-5-10(15)11(16)6-9(8)13(19)20/h5-6H,2-4,7H2,1H3,(H,17,18)(H,19,20). The van der Waals surface area contributed by atoms with Crippen LogP contribution in [0.1, 0.15) is 46.9 Å². The SMILES string of the molecule is CC1(CNC(=O)c2cc(F)c(F)cc2C(=O)O)CCC1. The third kappa shape index (κ3) is 2.79. The van der Waals surface area contributed by atoms with Gasteiger partial charge in [-0.3, -0.25) is 4.79 Å². The minimum absolute atomic E-state index is 0.0115. The average Bonchev–Trinajstić information content (AvgIpc) is 2.36. The molecule has 1 aliphatic carbocycles. The Morgan fingerprint density at radius 3 is 2.25 bits per heavy atom. The first-order valence-electron chi connectivity index (χ1n) is 6.33. The Kier molecular flexibility index (Phi) is 3.74. The van der Waals surface area contributed by atoms with E-state index in [1.54, 1.807) is 0 Å². The predicted molar refractivity (Wildman–Crippen MR) is 67.6 cm³/mol. The summed E-state index contributed by atoms with van der Waals surface area (Å²) < 4.78 is 26.2. The number of nitrogens with one attached hydrogen (secondary N) is 1. The summed E-state index contributed by atoms with van der Waals surface area (Å²) in [7, 11) is 0. The van der Waals surface area contributed by atoms with Gasteiger partial charge in [0.05, 0.1) is 11.1 Å². The quantitative estimate of drug-likeness (QED) is 0.892. The summed E-state index contributed by atoms with van der Waals surface area (Å²) in [6.45, 7) is 2.41. The molecule has 6 heteroatoms. The highest BCUT2D eigenvalue weighted by molar-refractivity contribution is 6.04. The zero-order chi connectivity index (χ0) is 14.9. The maximum absolute atomic E-state index is 13.2. The number of carbonyl (C=O) groups excluding carboxylic acids is 1. The van der Waals surface area contributed by atoms with Crippen LogP contribution in [0.5, 0.6) is 0 Å². The molecule has 4 nitrogen and oxygen atoms in total. The molecule has 2 rings (SSSR count). The summed E-state index contributed by atoms with van der Waals surface area (Å²) in [6, 6.07) is 1.15. The van der Waals surface area contributed by atoms with Crippen LogP contribution in [0.3, 0.4) is 0 Å². The van der Waals surface area contributed by atoms with Crippen molar-refractivity contribution in [3.8, 4) is 0 Å². The van der Waals surface area contributed by atoms with Crippen molar-refractivity contribution in [2.75, 3.05) is 6.54 Å². The number of carbonyl (C=O) groups is 2. The largest absolute Gasteiger partial charge is 0.478 e. The van der Waals surface area contributed by atoms with E-state index in [-0.39, 0.29) is 11.0 Å². The number of carboxylic acids is 1. The van der Waals surface area contributed by atoms with Crippen LogP contribution in [0.2, 0.25) is 0 Å². The maximum Gasteiger partial charge on any atom is 0.336 e. The second-order valence-corrected chi connectivity index (χ2v) is 5.46. The van der Waals surface area contributed by atoms with Gasteiger partial charge in [-0.05, 0) is 30.4 Å². The fourth-order valence-corrected chi connectivity index (χ4v) is 2.26. The molecule has 0 saturated heterocycles. The molecule has 0 aromatic heterocycles. The predicted octanol–water partition coefficient (Wildman–Crippen LogP) is 2.58. The van der Waals surface area contributed by atoms with E-state index >= 15 is 0 Å². The van der Waals surface area contributed by atoms with Gasteiger partial charge in [0, 0.05) is 6.54 Å². The number of carboxylic acid groups (broad SMARTS) is 1. The summed E-state index contributed by atoms with van der Waals surface area (Å²) >= 11 is 0. The first-order chi connectivity index (χ1) is 9.32. The molecule has 0 bridgehead atoms. The number of benzene rings is 1. The van der Waals surface area contributed by atoms with Crippen LogP contribution in [-0.4, -0.2) is 23.5 Å². The lowest BCUT2D eigenvalue weighted by Crippen LogP contribution is -2.40. The van der Waals surface area contributed by atoms with Gasteiger partial charge in [-0.1, -0.05) is 13.3 Å². The van der Waals surface area contributed by atoms with Gasteiger partial charge in [-0.25, -0.2) is 13.6 Å². The molecule has 1 saturated carbocycles. The van der Waals surface area contributed by atoms with E-state index in [0.717, 1.165) is 19.3 Å². The van der Waals surface area contributed by atoms with E-state index in [2.05, 4.69) is 5.32 Å². The van der Waals surface area contributed by atoms with Crippen molar-refractivity contribution in [1.82, 2.24) is 5.32 Å². The molecule has 1 fully saturated rings. The number of aromatic carboxylic acids is 1. The molecular formula is C14H15F2NO3. The molecule has 20 heavy (non-hydrogen) atoms. The van der Waals surface area contributed by atoms with Crippen molar-refractivity contribution in [1.29, 1.82) is 0 Å². The fourth-order valence-electron chi connectivity index (χ4n) is 2.26.